The quantitative estimate of drug-likeness (QED) is 0.406. The van der Waals surface area contributed by atoms with E-state index in [0.717, 1.165) is 47.4 Å². The van der Waals surface area contributed by atoms with E-state index >= 15 is 0 Å². The Kier molecular flexibility index (Phi) is 5.08. The van der Waals surface area contributed by atoms with Crippen molar-refractivity contribution in [3.05, 3.63) is 82.2 Å². The second-order valence-corrected chi connectivity index (χ2v) is 8.24. The third kappa shape index (κ3) is 3.53. The van der Waals surface area contributed by atoms with Crippen LogP contribution >= 0.6 is 0 Å². The van der Waals surface area contributed by atoms with Gasteiger partial charge in [-0.15, -0.1) is 0 Å². The molecule has 1 fully saturated rings. The van der Waals surface area contributed by atoms with Gasteiger partial charge in [-0.1, -0.05) is 43.2 Å². The van der Waals surface area contributed by atoms with Gasteiger partial charge in [-0.05, 0) is 47.9 Å². The van der Waals surface area contributed by atoms with Crippen molar-refractivity contribution in [3.8, 4) is 0 Å². The van der Waals surface area contributed by atoms with Gasteiger partial charge in [-0.25, -0.2) is 4.98 Å². The van der Waals surface area contributed by atoms with Crippen LogP contribution in [-0.2, 0) is 6.42 Å². The molecule has 6 heteroatoms. The van der Waals surface area contributed by atoms with Crippen LogP contribution in [0.5, 0.6) is 0 Å². The Bertz CT molecular complexity index is 1330. The van der Waals surface area contributed by atoms with Gasteiger partial charge in [0.2, 0.25) is 0 Å². The Hall–Kier alpha value is -3.38. The average Bonchev–Trinajstić information content (AvgIpc) is 2.81. The summed E-state index contributed by atoms with van der Waals surface area (Å²) in [6.07, 6.45) is 7.56. The summed E-state index contributed by atoms with van der Waals surface area (Å²) in [4.78, 5) is 33.2. The third-order valence-corrected chi connectivity index (χ3v) is 6.29. The lowest BCUT2D eigenvalue weighted by molar-refractivity contribution is 0.0735. The number of benzene rings is 2. The van der Waals surface area contributed by atoms with E-state index in [0.29, 0.717) is 29.4 Å². The summed E-state index contributed by atoms with van der Waals surface area (Å²) >= 11 is 0. The van der Waals surface area contributed by atoms with Crippen molar-refractivity contribution in [1.82, 2.24) is 14.5 Å². The second-order valence-electron chi connectivity index (χ2n) is 8.24. The zero-order valence-electron chi connectivity index (χ0n) is 17.1. The summed E-state index contributed by atoms with van der Waals surface area (Å²) in [5.41, 5.74) is 2.93. The fraction of sp³-hybridized carbons (Fsp3) is 0.280. The molecule has 4 aromatic rings. The summed E-state index contributed by atoms with van der Waals surface area (Å²) in [6, 6.07) is 13.2. The number of aliphatic hydroxyl groups excluding tert-OH is 1. The zero-order valence-corrected chi connectivity index (χ0v) is 17.1. The minimum Gasteiger partial charge on any atom is -0.391 e. The predicted octanol–water partition coefficient (Wildman–Crippen LogP) is 3.82. The van der Waals surface area contributed by atoms with Crippen LogP contribution in [0.25, 0.3) is 21.7 Å². The molecule has 1 aliphatic rings. The van der Waals surface area contributed by atoms with Gasteiger partial charge in [0.05, 0.1) is 29.4 Å². The van der Waals surface area contributed by atoms with Gasteiger partial charge in [-0.2, -0.15) is 0 Å². The van der Waals surface area contributed by atoms with Gasteiger partial charge in [0.1, 0.15) is 5.69 Å². The normalized spacial score (nSPS) is 19.0. The lowest BCUT2D eigenvalue weighted by Gasteiger charge is -2.29. The van der Waals surface area contributed by atoms with Crippen LogP contribution in [0, 0.1) is 0 Å². The minimum absolute atomic E-state index is 0.114. The topological polar surface area (TPSA) is 85.1 Å². The number of fused-ring (bicyclic) bond motifs is 3. The monoisotopic (exact) mass is 413 g/mol. The van der Waals surface area contributed by atoms with E-state index < -0.39 is 6.10 Å². The average molecular weight is 413 g/mol. The summed E-state index contributed by atoms with van der Waals surface area (Å²) in [6.45, 7) is 0. The van der Waals surface area contributed by atoms with Gasteiger partial charge < -0.3 is 5.11 Å². The molecule has 1 N–H and O–H groups in total. The summed E-state index contributed by atoms with van der Waals surface area (Å²) in [5.74, 6) is 0. The standard InChI is InChI=1S/C25H23N3O3/c29-14-18-10-9-16(13-26-18)11-17-12-21-24(20-6-2-1-5-19(17)20)27-15-28(25(21)31)22-7-3-4-8-23(22)30/h1-2,5-6,9-10,12-15,22-23,30H,3-4,7-8,11H2/t22-,23-/m0/s1. The van der Waals surface area contributed by atoms with Crippen LogP contribution in [0.4, 0.5) is 0 Å². The summed E-state index contributed by atoms with van der Waals surface area (Å²) in [7, 11) is 0. The SMILES string of the molecule is O=Cc1ccc(Cc2cc3c(=O)n([C@H]4CCCC[C@@H]4O)cnc3c3ccccc23)cn1. The third-order valence-electron chi connectivity index (χ3n) is 6.29. The molecule has 0 radical (unpaired) electrons. The first-order valence-corrected chi connectivity index (χ1v) is 10.7. The van der Waals surface area contributed by atoms with Gasteiger partial charge in [-0.3, -0.25) is 19.1 Å². The maximum absolute atomic E-state index is 13.5. The molecule has 156 valence electrons. The minimum atomic E-state index is -0.520. The molecule has 5 rings (SSSR count). The van der Waals surface area contributed by atoms with Crippen LogP contribution in [0.15, 0.2) is 59.8 Å². The van der Waals surface area contributed by atoms with E-state index in [1.54, 1.807) is 23.2 Å². The first-order valence-electron chi connectivity index (χ1n) is 10.7. The molecule has 1 aliphatic carbocycles. The van der Waals surface area contributed by atoms with Gasteiger partial charge in [0, 0.05) is 11.6 Å². The highest BCUT2D eigenvalue weighted by molar-refractivity contribution is 6.06. The molecular formula is C25H23N3O3. The Morgan fingerprint density at radius 2 is 1.84 bits per heavy atom. The van der Waals surface area contributed by atoms with E-state index in [9.17, 15) is 14.7 Å². The molecule has 31 heavy (non-hydrogen) atoms. The number of hydrogen-bond donors (Lipinski definition) is 1. The van der Waals surface area contributed by atoms with Crippen molar-refractivity contribution < 1.29 is 9.90 Å². The predicted molar refractivity (Wildman–Crippen MR) is 119 cm³/mol. The fourth-order valence-corrected chi connectivity index (χ4v) is 4.68. The number of aromatic nitrogens is 3. The van der Waals surface area contributed by atoms with Gasteiger partial charge in [0.15, 0.2) is 6.29 Å². The molecule has 0 unspecified atom stereocenters. The number of carbonyl (C=O) groups excluding carboxylic acids is 1. The molecule has 2 heterocycles. The Morgan fingerprint density at radius 3 is 2.58 bits per heavy atom. The van der Waals surface area contributed by atoms with Gasteiger partial charge >= 0.3 is 0 Å². The second kappa shape index (κ2) is 8.04. The van der Waals surface area contributed by atoms with Crippen molar-refractivity contribution in [1.29, 1.82) is 0 Å². The molecule has 0 saturated heterocycles. The summed E-state index contributed by atoms with van der Waals surface area (Å²) < 4.78 is 1.62. The van der Waals surface area contributed by atoms with E-state index in [2.05, 4.69) is 9.97 Å². The van der Waals surface area contributed by atoms with Crippen molar-refractivity contribution in [2.45, 2.75) is 44.2 Å². The highest BCUT2D eigenvalue weighted by Gasteiger charge is 2.26. The molecule has 0 aliphatic heterocycles. The van der Waals surface area contributed by atoms with Crippen LogP contribution in [0.3, 0.4) is 0 Å². The smallest absolute Gasteiger partial charge is 0.261 e. The molecule has 2 atom stereocenters. The Balaban J connectivity index is 1.67. The molecule has 2 aromatic heterocycles. The number of nitrogens with zero attached hydrogens (tertiary/aromatic N) is 3. The summed E-state index contributed by atoms with van der Waals surface area (Å²) in [5, 5.41) is 13.0. The molecule has 6 nitrogen and oxygen atoms in total. The maximum atomic E-state index is 13.5. The molecule has 1 saturated carbocycles. The zero-order chi connectivity index (χ0) is 21.4. The van der Waals surface area contributed by atoms with E-state index in [1.807, 2.05) is 36.4 Å². The highest BCUT2D eigenvalue weighted by Crippen LogP contribution is 2.30. The Morgan fingerprint density at radius 1 is 1.03 bits per heavy atom. The van der Waals surface area contributed by atoms with Crippen molar-refractivity contribution in [2.75, 3.05) is 0 Å². The van der Waals surface area contributed by atoms with Crippen molar-refractivity contribution >= 4 is 28.0 Å². The van der Waals surface area contributed by atoms with Crippen LogP contribution in [0.2, 0.25) is 0 Å². The molecule has 0 amide bonds. The van der Waals surface area contributed by atoms with E-state index in [1.165, 1.54) is 0 Å². The highest BCUT2D eigenvalue weighted by atomic mass is 16.3. The van der Waals surface area contributed by atoms with Crippen LogP contribution in [0.1, 0.15) is 53.3 Å². The number of pyridine rings is 1. The van der Waals surface area contributed by atoms with Crippen molar-refractivity contribution in [3.63, 3.8) is 0 Å². The lowest BCUT2D eigenvalue weighted by Crippen LogP contribution is -2.34. The van der Waals surface area contributed by atoms with Crippen LogP contribution in [-0.4, -0.2) is 32.0 Å². The van der Waals surface area contributed by atoms with E-state index in [-0.39, 0.29) is 11.6 Å². The number of rotatable bonds is 4. The number of carbonyl (C=O) groups is 1. The number of aliphatic hydroxyl groups is 1. The van der Waals surface area contributed by atoms with Crippen LogP contribution < -0.4 is 5.56 Å². The fourth-order valence-electron chi connectivity index (χ4n) is 4.68. The van der Waals surface area contributed by atoms with E-state index in [4.69, 9.17) is 0 Å². The largest absolute Gasteiger partial charge is 0.391 e. The van der Waals surface area contributed by atoms with Crippen molar-refractivity contribution in [2.24, 2.45) is 0 Å². The lowest BCUT2D eigenvalue weighted by atomic mass is 9.92. The molecule has 0 bridgehead atoms. The maximum Gasteiger partial charge on any atom is 0.261 e. The van der Waals surface area contributed by atoms with Gasteiger partial charge in [0.25, 0.3) is 5.56 Å². The molecule has 0 spiro atoms. The Labute approximate surface area is 179 Å². The number of hydrogen-bond acceptors (Lipinski definition) is 5. The molecular weight excluding hydrogens is 390 g/mol. The first-order chi connectivity index (χ1) is 15.2. The number of aldehydes is 1. The molecule has 2 aromatic carbocycles. The first kappa shape index (κ1) is 19.6.